The monoisotopic (exact) mass is 507 g/mol. The van der Waals surface area contributed by atoms with Gasteiger partial charge in [-0.2, -0.15) is 0 Å². The maximum atomic E-state index is 13.0. The summed E-state index contributed by atoms with van der Waals surface area (Å²) in [5, 5.41) is 9.86. The Morgan fingerprint density at radius 1 is 1.00 bits per heavy atom. The van der Waals surface area contributed by atoms with E-state index in [1.165, 1.54) is 24.2 Å². The molecular formula is C29H41N5O3. The standard InChI is InChI=1S/C29H41N5O3/c1-4-5-13-25(35)34(26(19(2)3)29(36)37)18-20-14-16-21(17-15-20)23-11-6-7-12-24(23)28-32-30-27(31-33-28)22-9-8-10-22/h6-7,11-12,14-17,19,22,26-28,30-33H,4-5,8-10,13,18H2,1-3H3,(H,36,37). The highest BCUT2D eigenvalue weighted by Crippen LogP contribution is 2.31. The lowest BCUT2D eigenvalue weighted by atomic mass is 9.83. The lowest BCUT2D eigenvalue weighted by Gasteiger charge is -2.41. The zero-order chi connectivity index (χ0) is 26.4. The topological polar surface area (TPSA) is 106 Å². The first-order chi connectivity index (χ1) is 17.9. The molecule has 2 aromatic rings. The van der Waals surface area contributed by atoms with Crippen molar-refractivity contribution in [3.8, 4) is 11.1 Å². The van der Waals surface area contributed by atoms with Crippen molar-refractivity contribution in [2.45, 2.75) is 84.2 Å². The number of hydrogen-bond donors (Lipinski definition) is 5. The van der Waals surface area contributed by atoms with Crippen LogP contribution in [0.3, 0.4) is 0 Å². The summed E-state index contributed by atoms with van der Waals surface area (Å²) in [6.45, 7) is 6.01. The number of benzene rings is 2. The fourth-order valence-electron chi connectivity index (χ4n) is 5.17. The van der Waals surface area contributed by atoms with Gasteiger partial charge in [-0.1, -0.05) is 82.1 Å². The van der Waals surface area contributed by atoms with E-state index in [2.05, 4.69) is 46.0 Å². The second-order valence-electron chi connectivity index (χ2n) is 10.6. The zero-order valence-electron chi connectivity index (χ0n) is 22.2. The summed E-state index contributed by atoms with van der Waals surface area (Å²) in [4.78, 5) is 26.6. The third kappa shape index (κ3) is 6.57. The Bertz CT molecular complexity index is 1050. The van der Waals surface area contributed by atoms with Gasteiger partial charge in [0.15, 0.2) is 0 Å². The molecule has 0 aromatic heterocycles. The van der Waals surface area contributed by atoms with Crippen LogP contribution >= 0.6 is 0 Å². The predicted octanol–water partition coefficient (Wildman–Crippen LogP) is 4.31. The molecule has 1 aliphatic carbocycles. The predicted molar refractivity (Wildman–Crippen MR) is 145 cm³/mol. The largest absolute Gasteiger partial charge is 0.480 e. The van der Waals surface area contributed by atoms with E-state index in [0.29, 0.717) is 12.3 Å². The van der Waals surface area contributed by atoms with Crippen LogP contribution in [-0.4, -0.2) is 34.1 Å². The van der Waals surface area contributed by atoms with Crippen LogP contribution in [0.25, 0.3) is 11.1 Å². The molecule has 2 fully saturated rings. The van der Waals surface area contributed by atoms with E-state index in [0.717, 1.165) is 35.1 Å². The number of amides is 1. The molecule has 2 aliphatic rings. The highest BCUT2D eigenvalue weighted by Gasteiger charge is 2.33. The van der Waals surface area contributed by atoms with Crippen molar-refractivity contribution < 1.29 is 14.7 Å². The molecule has 1 unspecified atom stereocenters. The van der Waals surface area contributed by atoms with Gasteiger partial charge in [0.1, 0.15) is 12.2 Å². The number of hydrogen-bond acceptors (Lipinski definition) is 6. The molecule has 0 bridgehead atoms. The molecular weight excluding hydrogens is 466 g/mol. The van der Waals surface area contributed by atoms with Crippen molar-refractivity contribution in [3.05, 3.63) is 59.7 Å². The summed E-state index contributed by atoms with van der Waals surface area (Å²) in [6, 6.07) is 15.5. The smallest absolute Gasteiger partial charge is 0.326 e. The van der Waals surface area contributed by atoms with Gasteiger partial charge >= 0.3 is 5.97 Å². The van der Waals surface area contributed by atoms with Crippen LogP contribution in [-0.2, 0) is 16.1 Å². The molecule has 8 nitrogen and oxygen atoms in total. The number of nitrogens with one attached hydrogen (secondary N) is 4. The summed E-state index contributed by atoms with van der Waals surface area (Å²) in [5.74, 6) is -0.601. The van der Waals surface area contributed by atoms with Crippen molar-refractivity contribution in [1.82, 2.24) is 26.6 Å². The first-order valence-electron chi connectivity index (χ1n) is 13.6. The third-order valence-electron chi connectivity index (χ3n) is 7.56. The highest BCUT2D eigenvalue weighted by atomic mass is 16.4. The van der Waals surface area contributed by atoms with Crippen LogP contribution < -0.4 is 21.7 Å². The van der Waals surface area contributed by atoms with E-state index in [9.17, 15) is 14.7 Å². The maximum Gasteiger partial charge on any atom is 0.326 e. The molecule has 8 heteroatoms. The molecule has 5 N–H and O–H groups in total. The Kier molecular flexibility index (Phi) is 9.32. The molecule has 1 saturated heterocycles. The lowest BCUT2D eigenvalue weighted by molar-refractivity contribution is -0.153. The number of carboxylic acid groups (broad SMARTS) is 1. The van der Waals surface area contributed by atoms with E-state index in [4.69, 9.17) is 0 Å². The number of aliphatic carboxylic acids is 1. The van der Waals surface area contributed by atoms with E-state index in [1.807, 2.05) is 45.0 Å². The number of rotatable bonds is 11. The van der Waals surface area contributed by atoms with Gasteiger partial charge in [-0.25, -0.2) is 26.5 Å². The average molecular weight is 508 g/mol. The van der Waals surface area contributed by atoms with Crippen LogP contribution in [0.5, 0.6) is 0 Å². The van der Waals surface area contributed by atoms with Crippen LogP contribution in [0.2, 0.25) is 0 Å². The number of carbonyl (C=O) groups is 2. The van der Waals surface area contributed by atoms with Crippen molar-refractivity contribution in [2.75, 3.05) is 0 Å². The SMILES string of the molecule is CCCCC(=O)N(Cc1ccc(-c2ccccc2C2NNC(C3CCC3)NN2)cc1)C(C(=O)O)C(C)C. The minimum Gasteiger partial charge on any atom is -0.480 e. The fraction of sp³-hybridized carbons (Fsp3) is 0.517. The van der Waals surface area contributed by atoms with Crippen LogP contribution in [0.4, 0.5) is 0 Å². The second kappa shape index (κ2) is 12.6. The highest BCUT2D eigenvalue weighted by molar-refractivity contribution is 5.84. The van der Waals surface area contributed by atoms with Gasteiger partial charge in [0.05, 0.1) is 6.17 Å². The molecule has 1 aliphatic heterocycles. The molecule has 1 heterocycles. The Labute approximate surface area is 220 Å². The van der Waals surface area contributed by atoms with Gasteiger partial charge < -0.3 is 10.0 Å². The molecule has 2 aromatic carbocycles. The fourth-order valence-corrected chi connectivity index (χ4v) is 5.17. The van der Waals surface area contributed by atoms with E-state index < -0.39 is 12.0 Å². The summed E-state index contributed by atoms with van der Waals surface area (Å²) >= 11 is 0. The van der Waals surface area contributed by atoms with Crippen molar-refractivity contribution >= 4 is 11.9 Å². The Hall–Kier alpha value is -2.78. The van der Waals surface area contributed by atoms with Crippen molar-refractivity contribution in [1.29, 1.82) is 0 Å². The van der Waals surface area contributed by atoms with E-state index >= 15 is 0 Å². The molecule has 200 valence electrons. The summed E-state index contributed by atoms with van der Waals surface area (Å²) in [7, 11) is 0. The number of nitrogens with zero attached hydrogens (tertiary/aromatic N) is 1. The molecule has 1 saturated carbocycles. The maximum absolute atomic E-state index is 13.0. The first kappa shape index (κ1) is 27.3. The number of unbranched alkanes of at least 4 members (excludes halogenated alkanes) is 1. The molecule has 1 atom stereocenters. The third-order valence-corrected chi connectivity index (χ3v) is 7.56. The lowest BCUT2D eigenvalue weighted by Crippen LogP contribution is -2.67. The summed E-state index contributed by atoms with van der Waals surface area (Å²) in [5.41, 5.74) is 17.9. The van der Waals surface area contributed by atoms with Gasteiger partial charge in [0, 0.05) is 13.0 Å². The molecule has 1 amide bonds. The van der Waals surface area contributed by atoms with Crippen LogP contribution in [0.1, 0.15) is 76.6 Å². The van der Waals surface area contributed by atoms with Gasteiger partial charge in [-0.3, -0.25) is 4.79 Å². The number of carboxylic acids is 1. The summed E-state index contributed by atoms with van der Waals surface area (Å²) < 4.78 is 0. The summed E-state index contributed by atoms with van der Waals surface area (Å²) in [6.07, 6.45) is 5.92. The minimum atomic E-state index is -0.959. The van der Waals surface area contributed by atoms with E-state index in [1.54, 1.807) is 0 Å². The van der Waals surface area contributed by atoms with Crippen molar-refractivity contribution in [2.24, 2.45) is 11.8 Å². The zero-order valence-corrected chi connectivity index (χ0v) is 22.2. The Morgan fingerprint density at radius 2 is 1.68 bits per heavy atom. The normalized spacial score (nSPS) is 20.9. The van der Waals surface area contributed by atoms with Gasteiger partial charge in [0.2, 0.25) is 5.91 Å². The number of carbonyl (C=O) groups excluding carboxylic acids is 1. The quantitative estimate of drug-likeness (QED) is 0.309. The molecule has 0 radical (unpaired) electrons. The number of hydrazine groups is 2. The molecule has 4 rings (SSSR count). The van der Waals surface area contributed by atoms with Gasteiger partial charge in [0.25, 0.3) is 0 Å². The molecule has 0 spiro atoms. The second-order valence-corrected chi connectivity index (χ2v) is 10.6. The van der Waals surface area contributed by atoms with Gasteiger partial charge in [-0.05, 0) is 53.4 Å². The van der Waals surface area contributed by atoms with Gasteiger partial charge in [-0.15, -0.1) is 0 Å². The average Bonchev–Trinajstić information content (AvgIpc) is 2.86. The Morgan fingerprint density at radius 3 is 2.24 bits per heavy atom. The Balaban J connectivity index is 1.49. The minimum absolute atomic E-state index is 0.0961. The van der Waals surface area contributed by atoms with Crippen LogP contribution in [0.15, 0.2) is 48.5 Å². The van der Waals surface area contributed by atoms with Crippen molar-refractivity contribution in [3.63, 3.8) is 0 Å². The first-order valence-corrected chi connectivity index (χ1v) is 13.6. The van der Waals surface area contributed by atoms with Crippen LogP contribution in [0, 0.1) is 11.8 Å². The molecule has 37 heavy (non-hydrogen) atoms. The van der Waals surface area contributed by atoms with E-state index in [-0.39, 0.29) is 30.7 Å².